The average molecular weight is 324 g/mol. The molecule has 5 heteroatoms. The third-order valence-electron chi connectivity index (χ3n) is 4.41. The van der Waals surface area contributed by atoms with Crippen LogP contribution in [-0.2, 0) is 6.54 Å². The van der Waals surface area contributed by atoms with Crippen molar-refractivity contribution in [1.29, 1.82) is 0 Å². The molecule has 1 aliphatic heterocycles. The van der Waals surface area contributed by atoms with Gasteiger partial charge in [0.1, 0.15) is 0 Å². The van der Waals surface area contributed by atoms with E-state index in [2.05, 4.69) is 12.2 Å². The zero-order valence-corrected chi connectivity index (χ0v) is 13.5. The van der Waals surface area contributed by atoms with Crippen LogP contribution < -0.4 is 5.32 Å². The van der Waals surface area contributed by atoms with Crippen molar-refractivity contribution >= 4 is 12.0 Å². The van der Waals surface area contributed by atoms with Gasteiger partial charge in [-0.2, -0.15) is 0 Å². The number of benzene rings is 2. The topological polar surface area (TPSA) is 69.6 Å². The number of carbonyl (C=O) groups excluding carboxylic acids is 1. The normalized spacial score (nSPS) is 19.5. The molecule has 1 heterocycles. The summed E-state index contributed by atoms with van der Waals surface area (Å²) in [6.45, 7) is 3.26. The highest BCUT2D eigenvalue weighted by molar-refractivity contribution is 5.87. The van der Waals surface area contributed by atoms with Gasteiger partial charge in [-0.1, -0.05) is 49.4 Å². The maximum atomic E-state index is 12.4. The summed E-state index contributed by atoms with van der Waals surface area (Å²) in [4.78, 5) is 25.1. The van der Waals surface area contributed by atoms with E-state index >= 15 is 0 Å². The molecule has 24 heavy (non-hydrogen) atoms. The third-order valence-corrected chi connectivity index (χ3v) is 4.41. The second kappa shape index (κ2) is 6.74. The van der Waals surface area contributed by atoms with Gasteiger partial charge in [-0.3, -0.25) is 0 Å². The van der Waals surface area contributed by atoms with Crippen molar-refractivity contribution < 1.29 is 14.7 Å². The van der Waals surface area contributed by atoms with Crippen molar-refractivity contribution in [3.63, 3.8) is 0 Å². The van der Waals surface area contributed by atoms with Gasteiger partial charge < -0.3 is 15.3 Å². The molecule has 1 aliphatic rings. The first-order valence-electron chi connectivity index (χ1n) is 7.98. The van der Waals surface area contributed by atoms with Crippen molar-refractivity contribution in [1.82, 2.24) is 10.2 Å². The van der Waals surface area contributed by atoms with Crippen LogP contribution in [0.1, 0.15) is 34.5 Å². The minimum atomic E-state index is -0.953. The molecule has 1 saturated heterocycles. The van der Waals surface area contributed by atoms with Crippen LogP contribution in [0.25, 0.3) is 0 Å². The lowest BCUT2D eigenvalue weighted by atomic mass is 9.85. The van der Waals surface area contributed by atoms with Crippen molar-refractivity contribution in [2.75, 3.05) is 6.54 Å². The van der Waals surface area contributed by atoms with Gasteiger partial charge in [0.25, 0.3) is 0 Å². The molecule has 124 valence electrons. The number of hydrogen-bond donors (Lipinski definition) is 2. The molecular weight excluding hydrogens is 304 g/mol. The maximum Gasteiger partial charge on any atom is 0.335 e. The number of nitrogens with one attached hydrogen (secondary N) is 1. The number of nitrogens with zero attached hydrogens (tertiary/aromatic N) is 1. The molecule has 2 N–H and O–H groups in total. The van der Waals surface area contributed by atoms with Gasteiger partial charge in [-0.05, 0) is 29.2 Å². The molecule has 2 aromatic carbocycles. The molecule has 0 bridgehead atoms. The van der Waals surface area contributed by atoms with Crippen LogP contribution in [0.3, 0.4) is 0 Å². The summed E-state index contributed by atoms with van der Waals surface area (Å²) in [5.74, 6) is -0.515. The molecule has 1 fully saturated rings. The largest absolute Gasteiger partial charge is 0.478 e. The van der Waals surface area contributed by atoms with Gasteiger partial charge in [0, 0.05) is 13.1 Å². The summed E-state index contributed by atoms with van der Waals surface area (Å²) in [5, 5.41) is 11.8. The SMILES string of the molecule is CC1CN(C(=O)NCc2ccc(C(=O)O)cc2)C1c1ccccc1. The Labute approximate surface area is 140 Å². The smallest absolute Gasteiger partial charge is 0.335 e. The first kappa shape index (κ1) is 16.1. The molecule has 5 nitrogen and oxygen atoms in total. The first-order chi connectivity index (χ1) is 11.6. The number of amides is 2. The molecule has 0 spiro atoms. The number of likely N-dealkylation sites (tertiary alicyclic amines) is 1. The maximum absolute atomic E-state index is 12.4. The number of aromatic carboxylic acids is 1. The van der Waals surface area contributed by atoms with Gasteiger partial charge in [0.15, 0.2) is 0 Å². The minimum absolute atomic E-state index is 0.0933. The van der Waals surface area contributed by atoms with Crippen LogP contribution in [0.15, 0.2) is 54.6 Å². The summed E-state index contributed by atoms with van der Waals surface area (Å²) < 4.78 is 0. The molecular formula is C19H20N2O3. The van der Waals surface area contributed by atoms with Crippen molar-refractivity contribution in [2.45, 2.75) is 19.5 Å². The summed E-state index contributed by atoms with van der Waals surface area (Å²) in [5.41, 5.74) is 2.26. The Kier molecular flexibility index (Phi) is 4.51. The standard InChI is InChI=1S/C19H20N2O3/c1-13-12-21(17(13)15-5-3-2-4-6-15)19(24)20-11-14-7-9-16(10-8-14)18(22)23/h2-10,13,17H,11-12H2,1H3,(H,20,24)(H,22,23). The Morgan fingerprint density at radius 3 is 2.38 bits per heavy atom. The second-order valence-corrected chi connectivity index (χ2v) is 6.15. The molecule has 3 rings (SSSR count). The van der Waals surface area contributed by atoms with E-state index in [4.69, 9.17) is 5.11 Å². The highest BCUT2D eigenvalue weighted by atomic mass is 16.4. The van der Waals surface area contributed by atoms with Crippen molar-refractivity contribution in [3.8, 4) is 0 Å². The quantitative estimate of drug-likeness (QED) is 0.906. The fourth-order valence-corrected chi connectivity index (χ4v) is 3.11. The highest BCUT2D eigenvalue weighted by Gasteiger charge is 2.39. The zero-order valence-electron chi connectivity index (χ0n) is 13.5. The van der Waals surface area contributed by atoms with E-state index in [1.165, 1.54) is 0 Å². The highest BCUT2D eigenvalue weighted by Crippen LogP contribution is 2.38. The van der Waals surface area contributed by atoms with Crippen LogP contribution in [0.5, 0.6) is 0 Å². The van der Waals surface area contributed by atoms with E-state index in [-0.39, 0.29) is 17.6 Å². The van der Waals surface area contributed by atoms with E-state index in [1.807, 2.05) is 35.2 Å². The van der Waals surface area contributed by atoms with E-state index in [9.17, 15) is 9.59 Å². The molecule has 2 atom stereocenters. The summed E-state index contributed by atoms with van der Waals surface area (Å²) >= 11 is 0. The number of carboxylic acids is 1. The zero-order chi connectivity index (χ0) is 17.1. The molecule has 0 saturated carbocycles. The van der Waals surface area contributed by atoms with Gasteiger partial charge in [0.2, 0.25) is 0 Å². The van der Waals surface area contributed by atoms with Crippen LogP contribution in [0.4, 0.5) is 4.79 Å². The van der Waals surface area contributed by atoms with E-state index in [0.717, 1.165) is 17.7 Å². The number of urea groups is 1. The lowest BCUT2D eigenvalue weighted by Gasteiger charge is -2.46. The number of carboxylic acid groups (broad SMARTS) is 1. The molecule has 2 amide bonds. The monoisotopic (exact) mass is 324 g/mol. The van der Waals surface area contributed by atoms with Crippen molar-refractivity contribution in [2.24, 2.45) is 5.92 Å². The first-order valence-corrected chi connectivity index (χ1v) is 7.98. The lowest BCUT2D eigenvalue weighted by molar-refractivity contribution is 0.0590. The van der Waals surface area contributed by atoms with E-state index in [0.29, 0.717) is 12.5 Å². The van der Waals surface area contributed by atoms with Gasteiger partial charge in [0.05, 0.1) is 11.6 Å². The van der Waals surface area contributed by atoms with E-state index < -0.39 is 5.97 Å². The fraction of sp³-hybridized carbons (Fsp3) is 0.263. The Hall–Kier alpha value is -2.82. The summed E-state index contributed by atoms with van der Waals surface area (Å²) in [7, 11) is 0. The number of carbonyl (C=O) groups is 2. The van der Waals surface area contributed by atoms with Gasteiger partial charge in [-0.25, -0.2) is 9.59 Å². The van der Waals surface area contributed by atoms with Gasteiger partial charge >= 0.3 is 12.0 Å². The Morgan fingerprint density at radius 2 is 1.79 bits per heavy atom. The van der Waals surface area contributed by atoms with Crippen molar-refractivity contribution in [3.05, 3.63) is 71.3 Å². The lowest BCUT2D eigenvalue weighted by Crippen LogP contribution is -2.54. The summed E-state index contributed by atoms with van der Waals surface area (Å²) in [6, 6.07) is 16.6. The fourth-order valence-electron chi connectivity index (χ4n) is 3.11. The van der Waals surface area contributed by atoms with Gasteiger partial charge in [-0.15, -0.1) is 0 Å². The van der Waals surface area contributed by atoms with Crippen LogP contribution in [0.2, 0.25) is 0 Å². The minimum Gasteiger partial charge on any atom is -0.478 e. The second-order valence-electron chi connectivity index (χ2n) is 6.15. The molecule has 0 radical (unpaired) electrons. The predicted molar refractivity (Wildman–Crippen MR) is 90.7 cm³/mol. The number of rotatable bonds is 4. The molecule has 2 unspecified atom stereocenters. The van der Waals surface area contributed by atoms with Crippen LogP contribution >= 0.6 is 0 Å². The number of hydrogen-bond acceptors (Lipinski definition) is 2. The van der Waals surface area contributed by atoms with Crippen LogP contribution in [0, 0.1) is 5.92 Å². The van der Waals surface area contributed by atoms with E-state index in [1.54, 1.807) is 24.3 Å². The summed E-state index contributed by atoms with van der Waals surface area (Å²) in [6.07, 6.45) is 0. The predicted octanol–water partition coefficient (Wildman–Crippen LogP) is 3.29. The molecule has 0 aliphatic carbocycles. The Bertz CT molecular complexity index is 728. The van der Waals surface area contributed by atoms with Crippen LogP contribution in [-0.4, -0.2) is 28.6 Å². The molecule has 0 aromatic heterocycles. The molecule has 2 aromatic rings. The Balaban J connectivity index is 1.60. The average Bonchev–Trinajstić information content (AvgIpc) is 2.58. The third kappa shape index (κ3) is 3.25. The Morgan fingerprint density at radius 1 is 1.12 bits per heavy atom.